The van der Waals surface area contributed by atoms with Gasteiger partial charge in [-0.3, -0.25) is 4.79 Å². The highest BCUT2D eigenvalue weighted by atomic mass is 16.5. The number of hydrogen-bond acceptors (Lipinski definition) is 3. The molecule has 0 aromatic heterocycles. The van der Waals surface area contributed by atoms with Crippen LogP contribution in [0.15, 0.2) is 0 Å². The second kappa shape index (κ2) is 4.25. The zero-order valence-electron chi connectivity index (χ0n) is 11.0. The lowest BCUT2D eigenvalue weighted by atomic mass is 9.75. The number of hydrogen-bond donors (Lipinski definition) is 1. The summed E-state index contributed by atoms with van der Waals surface area (Å²) in [5, 5.41) is 9.38. The number of aliphatic carboxylic acids is 1. The molecule has 17 heavy (non-hydrogen) atoms. The molecule has 0 spiro atoms. The number of likely N-dealkylation sites (tertiary alicyclic amines) is 1. The first-order valence-corrected chi connectivity index (χ1v) is 6.49. The molecular weight excluding hydrogens is 218 g/mol. The zero-order chi connectivity index (χ0) is 12.7. The van der Waals surface area contributed by atoms with Gasteiger partial charge in [0.25, 0.3) is 0 Å². The van der Waals surface area contributed by atoms with Crippen LogP contribution in [-0.4, -0.2) is 47.8 Å². The lowest BCUT2D eigenvalue weighted by Crippen LogP contribution is -2.52. The lowest BCUT2D eigenvalue weighted by molar-refractivity contribution is -0.160. The summed E-state index contributed by atoms with van der Waals surface area (Å²) >= 11 is 0. The molecule has 0 radical (unpaired) electrons. The number of carboxylic acid groups (broad SMARTS) is 1. The molecule has 4 heteroatoms. The van der Waals surface area contributed by atoms with Crippen LogP contribution in [-0.2, 0) is 9.53 Å². The van der Waals surface area contributed by atoms with E-state index in [0.717, 1.165) is 25.9 Å². The Morgan fingerprint density at radius 3 is 2.94 bits per heavy atom. The van der Waals surface area contributed by atoms with Crippen LogP contribution >= 0.6 is 0 Å². The number of morpholine rings is 1. The minimum atomic E-state index is -0.699. The highest BCUT2D eigenvalue weighted by molar-refractivity contribution is 5.74. The van der Waals surface area contributed by atoms with E-state index in [9.17, 15) is 9.90 Å². The van der Waals surface area contributed by atoms with Gasteiger partial charge in [-0.25, -0.2) is 0 Å². The van der Waals surface area contributed by atoms with Crippen molar-refractivity contribution in [2.75, 3.05) is 20.1 Å². The third-order valence-electron chi connectivity index (χ3n) is 4.42. The maximum atomic E-state index is 11.4. The van der Waals surface area contributed by atoms with E-state index in [1.807, 2.05) is 13.8 Å². The minimum Gasteiger partial charge on any atom is -0.481 e. The van der Waals surface area contributed by atoms with Gasteiger partial charge in [0, 0.05) is 13.1 Å². The molecule has 0 saturated carbocycles. The normalized spacial score (nSPS) is 36.8. The number of fused-ring (bicyclic) bond motifs is 2. The third-order valence-corrected chi connectivity index (χ3v) is 4.42. The Morgan fingerprint density at radius 2 is 2.35 bits per heavy atom. The van der Waals surface area contributed by atoms with Crippen LogP contribution in [0.2, 0.25) is 0 Å². The molecule has 0 aromatic carbocycles. The van der Waals surface area contributed by atoms with Crippen LogP contribution < -0.4 is 0 Å². The van der Waals surface area contributed by atoms with Gasteiger partial charge in [0.05, 0.1) is 17.1 Å². The van der Waals surface area contributed by atoms with Gasteiger partial charge < -0.3 is 14.7 Å². The van der Waals surface area contributed by atoms with E-state index < -0.39 is 11.4 Å². The number of carbonyl (C=O) groups is 1. The van der Waals surface area contributed by atoms with Gasteiger partial charge in [0.2, 0.25) is 0 Å². The van der Waals surface area contributed by atoms with E-state index in [-0.39, 0.29) is 5.60 Å². The number of ether oxygens (including phenoxy) is 1. The first-order valence-electron chi connectivity index (χ1n) is 6.49. The van der Waals surface area contributed by atoms with Crippen molar-refractivity contribution in [2.45, 2.75) is 51.2 Å². The Labute approximate surface area is 103 Å². The molecule has 3 atom stereocenters. The van der Waals surface area contributed by atoms with Crippen molar-refractivity contribution < 1.29 is 14.6 Å². The van der Waals surface area contributed by atoms with Crippen LogP contribution in [0.4, 0.5) is 0 Å². The van der Waals surface area contributed by atoms with Gasteiger partial charge in [-0.1, -0.05) is 6.92 Å². The molecule has 2 aliphatic rings. The van der Waals surface area contributed by atoms with Crippen molar-refractivity contribution >= 4 is 5.97 Å². The molecule has 2 saturated heterocycles. The summed E-state index contributed by atoms with van der Waals surface area (Å²) in [6, 6.07) is 0. The molecule has 2 heterocycles. The Morgan fingerprint density at radius 1 is 1.65 bits per heavy atom. The van der Waals surface area contributed by atoms with E-state index in [2.05, 4.69) is 11.9 Å². The molecule has 1 unspecified atom stereocenters. The smallest absolute Gasteiger partial charge is 0.309 e. The van der Waals surface area contributed by atoms with Gasteiger partial charge >= 0.3 is 5.97 Å². The maximum Gasteiger partial charge on any atom is 0.309 e. The molecule has 2 aliphatic heterocycles. The van der Waals surface area contributed by atoms with Crippen molar-refractivity contribution in [3.8, 4) is 0 Å². The average Bonchev–Trinajstić information content (AvgIpc) is 2.53. The summed E-state index contributed by atoms with van der Waals surface area (Å²) in [5.74, 6) is -0.699. The fourth-order valence-electron chi connectivity index (χ4n) is 3.29. The van der Waals surface area contributed by atoms with Crippen LogP contribution in [0.25, 0.3) is 0 Å². The second-order valence-corrected chi connectivity index (χ2v) is 6.05. The van der Waals surface area contributed by atoms with E-state index in [1.54, 1.807) is 0 Å². The maximum absolute atomic E-state index is 11.4. The average molecular weight is 241 g/mol. The zero-order valence-corrected chi connectivity index (χ0v) is 11.0. The van der Waals surface area contributed by atoms with Gasteiger partial charge in [0.15, 0.2) is 0 Å². The molecule has 0 aromatic rings. The van der Waals surface area contributed by atoms with E-state index in [0.29, 0.717) is 18.9 Å². The second-order valence-electron chi connectivity index (χ2n) is 6.05. The third kappa shape index (κ3) is 2.33. The van der Waals surface area contributed by atoms with E-state index in [4.69, 9.17) is 4.74 Å². The predicted molar refractivity (Wildman–Crippen MR) is 65.0 cm³/mol. The Kier molecular flexibility index (Phi) is 3.21. The molecular formula is C13H23NO3. The lowest BCUT2D eigenvalue weighted by Gasteiger charge is -2.42. The van der Waals surface area contributed by atoms with Crippen molar-refractivity contribution in [3.05, 3.63) is 0 Å². The summed E-state index contributed by atoms with van der Waals surface area (Å²) in [4.78, 5) is 13.7. The molecule has 1 N–H and O–H groups in total. The monoisotopic (exact) mass is 241 g/mol. The standard InChI is InChI=1S/C13H23NO3/c1-4-12(2,11(15)16)8-13-6-5-10(17-13)7-14(3)9-13/h10H,4-9H2,1-3H3,(H,15,16)/t10-,12?,13-/m0/s1. The number of likely N-dealkylation sites (N-methyl/N-ethyl adjacent to an activating group) is 1. The van der Waals surface area contributed by atoms with Gasteiger partial charge in [-0.2, -0.15) is 0 Å². The van der Waals surface area contributed by atoms with E-state index >= 15 is 0 Å². The first kappa shape index (κ1) is 12.8. The topological polar surface area (TPSA) is 49.8 Å². The number of rotatable bonds is 4. The van der Waals surface area contributed by atoms with Crippen LogP contribution in [0.3, 0.4) is 0 Å². The Hall–Kier alpha value is -0.610. The van der Waals surface area contributed by atoms with Crippen LogP contribution in [0.5, 0.6) is 0 Å². The fraction of sp³-hybridized carbons (Fsp3) is 0.923. The van der Waals surface area contributed by atoms with Gasteiger partial charge in [-0.15, -0.1) is 0 Å². The molecule has 0 amide bonds. The van der Waals surface area contributed by atoms with Gasteiger partial charge in [0.1, 0.15) is 0 Å². The summed E-state index contributed by atoms with van der Waals surface area (Å²) in [6.07, 6.45) is 3.67. The molecule has 2 fully saturated rings. The van der Waals surface area contributed by atoms with Crippen molar-refractivity contribution in [1.29, 1.82) is 0 Å². The summed E-state index contributed by atoms with van der Waals surface area (Å²) in [7, 11) is 2.10. The largest absolute Gasteiger partial charge is 0.481 e. The Balaban J connectivity index is 2.14. The van der Waals surface area contributed by atoms with Crippen molar-refractivity contribution in [1.82, 2.24) is 4.90 Å². The van der Waals surface area contributed by atoms with Crippen LogP contribution in [0, 0.1) is 5.41 Å². The van der Waals surface area contributed by atoms with E-state index in [1.165, 1.54) is 0 Å². The molecule has 2 rings (SSSR count). The molecule has 2 bridgehead atoms. The SMILES string of the molecule is CCC(C)(C[C@@]12CC[C@@H](CN(C)C1)O2)C(=O)O. The quantitative estimate of drug-likeness (QED) is 0.814. The first-order chi connectivity index (χ1) is 7.89. The van der Waals surface area contributed by atoms with Crippen molar-refractivity contribution in [3.63, 3.8) is 0 Å². The highest BCUT2D eigenvalue weighted by Crippen LogP contribution is 2.44. The van der Waals surface area contributed by atoms with Crippen LogP contribution in [0.1, 0.15) is 39.5 Å². The van der Waals surface area contributed by atoms with Crippen molar-refractivity contribution in [2.24, 2.45) is 5.41 Å². The number of nitrogens with zero attached hydrogens (tertiary/aromatic N) is 1. The molecule has 98 valence electrons. The highest BCUT2D eigenvalue weighted by Gasteiger charge is 2.50. The predicted octanol–water partition coefficient (Wildman–Crippen LogP) is 1.74. The molecule has 4 nitrogen and oxygen atoms in total. The van der Waals surface area contributed by atoms with Gasteiger partial charge in [-0.05, 0) is 39.7 Å². The summed E-state index contributed by atoms with van der Waals surface area (Å²) in [6.45, 7) is 5.64. The summed E-state index contributed by atoms with van der Waals surface area (Å²) in [5.41, 5.74) is -0.881. The summed E-state index contributed by atoms with van der Waals surface area (Å²) < 4.78 is 6.10. The Bertz CT molecular complexity index is 320. The molecule has 0 aliphatic carbocycles. The number of carboxylic acids is 1. The fourth-order valence-corrected chi connectivity index (χ4v) is 3.29. The minimum absolute atomic E-state index is 0.221.